The zero-order valence-electron chi connectivity index (χ0n) is 8.60. The van der Waals surface area contributed by atoms with Crippen molar-refractivity contribution in [3.63, 3.8) is 0 Å². The van der Waals surface area contributed by atoms with Crippen molar-refractivity contribution in [2.24, 2.45) is 5.73 Å². The lowest BCUT2D eigenvalue weighted by atomic mass is 9.90. The maximum atomic E-state index is 12.9. The van der Waals surface area contributed by atoms with Gasteiger partial charge in [-0.1, -0.05) is 34.8 Å². The largest absolute Gasteiger partial charge is 0.325 e. The Kier molecular flexibility index (Phi) is 3.12. The van der Waals surface area contributed by atoms with Crippen molar-refractivity contribution in [1.82, 2.24) is 0 Å². The summed E-state index contributed by atoms with van der Waals surface area (Å²) in [5, 5.41) is 0. The van der Waals surface area contributed by atoms with Crippen molar-refractivity contribution < 1.29 is 4.39 Å². The van der Waals surface area contributed by atoms with Gasteiger partial charge in [0.2, 0.25) is 0 Å². The molecule has 0 saturated heterocycles. The first-order valence-electron chi connectivity index (χ1n) is 5.32. The molecule has 1 aromatic carbocycles. The molecule has 0 radical (unpaired) electrons. The molecule has 82 valence electrons. The van der Waals surface area contributed by atoms with Gasteiger partial charge in [0.15, 0.2) is 0 Å². The molecule has 1 fully saturated rings. The van der Waals surface area contributed by atoms with Crippen LogP contribution in [0.4, 0.5) is 4.39 Å². The normalized spacial score (nSPS) is 19.4. The molecule has 0 heterocycles. The Balaban J connectivity index is 2.16. The summed E-state index contributed by atoms with van der Waals surface area (Å²) in [5.74, 6) is -0.205. The topological polar surface area (TPSA) is 26.0 Å². The van der Waals surface area contributed by atoms with Crippen LogP contribution in [0.1, 0.15) is 31.2 Å². The van der Waals surface area contributed by atoms with E-state index in [-0.39, 0.29) is 11.4 Å². The number of benzene rings is 1. The standard InChI is InChI=1S/C12H15BrFN/c13-11-7-10(14)4-3-9(11)8-12(15)5-1-2-6-12/h3-4,7H,1-2,5-6,8,15H2. The number of hydrogen-bond donors (Lipinski definition) is 1. The van der Waals surface area contributed by atoms with Crippen molar-refractivity contribution in [2.45, 2.75) is 37.6 Å². The molecule has 2 rings (SSSR count). The van der Waals surface area contributed by atoms with Crippen molar-refractivity contribution in [3.05, 3.63) is 34.1 Å². The van der Waals surface area contributed by atoms with Gasteiger partial charge in [-0.2, -0.15) is 0 Å². The van der Waals surface area contributed by atoms with Crippen LogP contribution in [0.2, 0.25) is 0 Å². The second-order valence-electron chi connectivity index (χ2n) is 4.48. The van der Waals surface area contributed by atoms with E-state index in [1.807, 2.05) is 6.07 Å². The predicted octanol–water partition coefficient (Wildman–Crippen LogP) is 3.40. The second kappa shape index (κ2) is 4.22. The molecule has 0 aromatic heterocycles. The lowest BCUT2D eigenvalue weighted by Gasteiger charge is -2.24. The third-order valence-corrected chi connectivity index (χ3v) is 3.90. The van der Waals surface area contributed by atoms with Gasteiger partial charge in [0.1, 0.15) is 5.82 Å². The van der Waals surface area contributed by atoms with E-state index in [4.69, 9.17) is 5.73 Å². The summed E-state index contributed by atoms with van der Waals surface area (Å²) >= 11 is 3.38. The Bertz CT molecular complexity index is 359. The third kappa shape index (κ3) is 2.58. The van der Waals surface area contributed by atoms with Gasteiger partial charge < -0.3 is 5.73 Å². The minimum absolute atomic E-state index is 0.0691. The molecular weight excluding hydrogens is 257 g/mol. The van der Waals surface area contributed by atoms with Crippen molar-refractivity contribution >= 4 is 15.9 Å². The molecule has 3 heteroatoms. The summed E-state index contributed by atoms with van der Waals surface area (Å²) in [7, 11) is 0. The van der Waals surface area contributed by atoms with Gasteiger partial charge in [0, 0.05) is 10.0 Å². The van der Waals surface area contributed by atoms with Crippen molar-refractivity contribution in [2.75, 3.05) is 0 Å². The van der Waals surface area contributed by atoms with Gasteiger partial charge in [0.25, 0.3) is 0 Å². The average molecular weight is 272 g/mol. The number of halogens is 2. The van der Waals surface area contributed by atoms with E-state index in [0.717, 1.165) is 29.3 Å². The second-order valence-corrected chi connectivity index (χ2v) is 5.34. The van der Waals surface area contributed by atoms with Crippen molar-refractivity contribution in [3.8, 4) is 0 Å². The summed E-state index contributed by atoms with van der Waals surface area (Å²) in [6, 6.07) is 4.83. The summed E-state index contributed by atoms with van der Waals surface area (Å²) in [6.07, 6.45) is 5.44. The van der Waals surface area contributed by atoms with E-state index in [0.29, 0.717) is 0 Å². The Morgan fingerprint density at radius 2 is 2.00 bits per heavy atom. The van der Waals surface area contributed by atoms with Crippen LogP contribution >= 0.6 is 15.9 Å². The average Bonchev–Trinajstić information content (AvgIpc) is 2.58. The minimum atomic E-state index is -0.205. The smallest absolute Gasteiger partial charge is 0.124 e. The minimum Gasteiger partial charge on any atom is -0.325 e. The molecule has 1 aromatic rings. The van der Waals surface area contributed by atoms with E-state index < -0.39 is 0 Å². The van der Waals surface area contributed by atoms with Crippen LogP contribution < -0.4 is 5.73 Å². The quantitative estimate of drug-likeness (QED) is 0.877. The first kappa shape index (κ1) is 11.1. The van der Waals surface area contributed by atoms with Gasteiger partial charge in [-0.3, -0.25) is 0 Å². The Morgan fingerprint density at radius 3 is 2.60 bits per heavy atom. The highest BCUT2D eigenvalue weighted by atomic mass is 79.9. The molecule has 0 aliphatic heterocycles. The number of rotatable bonds is 2. The summed E-state index contributed by atoms with van der Waals surface area (Å²) < 4.78 is 13.7. The number of hydrogen-bond acceptors (Lipinski definition) is 1. The third-order valence-electron chi connectivity index (χ3n) is 3.16. The lowest BCUT2D eigenvalue weighted by Crippen LogP contribution is -2.38. The van der Waals surface area contributed by atoms with Crippen LogP contribution in [-0.4, -0.2) is 5.54 Å². The molecule has 0 bridgehead atoms. The van der Waals surface area contributed by atoms with Crippen molar-refractivity contribution in [1.29, 1.82) is 0 Å². The van der Waals surface area contributed by atoms with E-state index in [1.54, 1.807) is 0 Å². The molecule has 1 nitrogen and oxygen atoms in total. The molecule has 1 aliphatic carbocycles. The highest BCUT2D eigenvalue weighted by Crippen LogP contribution is 2.32. The van der Waals surface area contributed by atoms with Crippen LogP contribution in [0.3, 0.4) is 0 Å². The van der Waals surface area contributed by atoms with E-state index in [2.05, 4.69) is 15.9 Å². The lowest BCUT2D eigenvalue weighted by molar-refractivity contribution is 0.435. The van der Waals surface area contributed by atoms with Gasteiger partial charge in [-0.15, -0.1) is 0 Å². The van der Waals surface area contributed by atoms with Gasteiger partial charge in [-0.25, -0.2) is 4.39 Å². The van der Waals surface area contributed by atoms with E-state index in [9.17, 15) is 4.39 Å². The molecule has 1 saturated carbocycles. The van der Waals surface area contributed by atoms with E-state index >= 15 is 0 Å². The monoisotopic (exact) mass is 271 g/mol. The van der Waals surface area contributed by atoms with Crippen LogP contribution in [0.25, 0.3) is 0 Å². The molecule has 0 atom stereocenters. The molecule has 1 aliphatic rings. The van der Waals surface area contributed by atoms with Crippen LogP contribution in [0, 0.1) is 5.82 Å². The maximum absolute atomic E-state index is 12.9. The van der Waals surface area contributed by atoms with Crippen LogP contribution in [0.15, 0.2) is 22.7 Å². The zero-order chi connectivity index (χ0) is 10.9. The molecule has 0 unspecified atom stereocenters. The zero-order valence-corrected chi connectivity index (χ0v) is 10.2. The Morgan fingerprint density at radius 1 is 1.33 bits per heavy atom. The fourth-order valence-electron chi connectivity index (χ4n) is 2.30. The van der Waals surface area contributed by atoms with Crippen LogP contribution in [0.5, 0.6) is 0 Å². The molecule has 0 spiro atoms. The fourth-order valence-corrected chi connectivity index (χ4v) is 2.79. The molecular formula is C12H15BrFN. The summed E-state index contributed by atoms with van der Waals surface area (Å²) in [4.78, 5) is 0. The first-order valence-corrected chi connectivity index (χ1v) is 6.11. The Labute approximate surface area is 98.0 Å². The van der Waals surface area contributed by atoms with Gasteiger partial charge >= 0.3 is 0 Å². The summed E-state index contributed by atoms with van der Waals surface area (Å²) in [6.45, 7) is 0. The van der Waals surface area contributed by atoms with E-state index in [1.165, 1.54) is 25.0 Å². The Hall–Kier alpha value is -0.410. The first-order chi connectivity index (χ1) is 7.09. The predicted molar refractivity (Wildman–Crippen MR) is 63.2 cm³/mol. The summed E-state index contributed by atoms with van der Waals surface area (Å²) in [5.41, 5.74) is 7.33. The van der Waals surface area contributed by atoms with Gasteiger partial charge in [0.05, 0.1) is 0 Å². The highest BCUT2D eigenvalue weighted by molar-refractivity contribution is 9.10. The SMILES string of the molecule is NC1(Cc2ccc(F)cc2Br)CCCC1. The van der Waals surface area contributed by atoms with Gasteiger partial charge in [-0.05, 0) is 37.0 Å². The number of nitrogens with two attached hydrogens (primary N) is 1. The highest BCUT2D eigenvalue weighted by Gasteiger charge is 2.29. The maximum Gasteiger partial charge on any atom is 0.124 e. The molecule has 0 amide bonds. The fraction of sp³-hybridized carbons (Fsp3) is 0.500. The van der Waals surface area contributed by atoms with Crippen LogP contribution in [-0.2, 0) is 6.42 Å². The molecule has 2 N–H and O–H groups in total. The molecule has 15 heavy (non-hydrogen) atoms.